The van der Waals surface area contributed by atoms with Crippen molar-refractivity contribution in [1.82, 2.24) is 0 Å². The van der Waals surface area contributed by atoms with E-state index in [0.29, 0.717) is 18.4 Å². The molecule has 0 amide bonds. The first-order valence-electron chi connectivity index (χ1n) is 7.90. The molecule has 0 aromatic heterocycles. The number of rotatable bonds is 3. The Balaban J connectivity index is 1.94. The fourth-order valence-corrected chi connectivity index (χ4v) is 3.09. The first kappa shape index (κ1) is 15.0. The number of hydrogen-bond donors (Lipinski definition) is 0. The van der Waals surface area contributed by atoms with E-state index >= 15 is 0 Å². The van der Waals surface area contributed by atoms with Crippen molar-refractivity contribution in [2.45, 2.75) is 39.5 Å². The van der Waals surface area contributed by atoms with E-state index in [4.69, 9.17) is 0 Å². The van der Waals surface area contributed by atoms with Crippen LogP contribution < -0.4 is 0 Å². The van der Waals surface area contributed by atoms with Gasteiger partial charge in [-0.05, 0) is 65.6 Å². The highest BCUT2D eigenvalue weighted by Crippen LogP contribution is 2.31. The number of halogens is 2. The van der Waals surface area contributed by atoms with Gasteiger partial charge in [-0.2, -0.15) is 0 Å². The second-order valence-corrected chi connectivity index (χ2v) is 5.84. The molecule has 2 heteroatoms. The van der Waals surface area contributed by atoms with Gasteiger partial charge in [0.1, 0.15) is 11.6 Å². The average molecular weight is 298 g/mol. The molecule has 2 aromatic carbocycles. The summed E-state index contributed by atoms with van der Waals surface area (Å²) >= 11 is 0. The van der Waals surface area contributed by atoms with Gasteiger partial charge in [-0.1, -0.05) is 38.1 Å². The summed E-state index contributed by atoms with van der Waals surface area (Å²) in [6.07, 6.45) is 4.93. The van der Waals surface area contributed by atoms with Crippen LogP contribution in [-0.2, 0) is 25.7 Å². The maximum atomic E-state index is 14.3. The minimum Gasteiger partial charge on any atom is -0.207 e. The summed E-state index contributed by atoms with van der Waals surface area (Å²) in [7, 11) is 0. The summed E-state index contributed by atoms with van der Waals surface area (Å²) in [6.45, 7) is 3.97. The van der Waals surface area contributed by atoms with Crippen molar-refractivity contribution in [1.29, 1.82) is 0 Å². The fourth-order valence-electron chi connectivity index (χ4n) is 3.09. The molecule has 0 saturated heterocycles. The van der Waals surface area contributed by atoms with Crippen LogP contribution in [0.4, 0.5) is 8.78 Å². The Bertz CT molecular complexity index is 742. The minimum atomic E-state index is -0.181. The molecule has 0 aliphatic heterocycles. The van der Waals surface area contributed by atoms with E-state index in [1.807, 2.05) is 32.0 Å². The molecule has 3 rings (SSSR count). The topological polar surface area (TPSA) is 0 Å². The lowest BCUT2D eigenvalue weighted by atomic mass is 9.86. The summed E-state index contributed by atoms with van der Waals surface area (Å²) in [5.74, 6) is -0.330. The van der Waals surface area contributed by atoms with Crippen molar-refractivity contribution < 1.29 is 8.78 Å². The molecule has 114 valence electrons. The van der Waals surface area contributed by atoms with E-state index in [0.717, 1.165) is 40.7 Å². The molecule has 1 aliphatic carbocycles. The largest absolute Gasteiger partial charge is 0.207 e. The quantitative estimate of drug-likeness (QED) is 0.724. The van der Waals surface area contributed by atoms with Crippen molar-refractivity contribution in [3.63, 3.8) is 0 Å². The van der Waals surface area contributed by atoms with Gasteiger partial charge in [0.2, 0.25) is 0 Å². The molecular weight excluding hydrogens is 278 g/mol. The highest BCUT2D eigenvalue weighted by Gasteiger charge is 2.17. The van der Waals surface area contributed by atoms with Gasteiger partial charge >= 0.3 is 0 Å². The van der Waals surface area contributed by atoms with Crippen LogP contribution in [0.3, 0.4) is 0 Å². The minimum absolute atomic E-state index is 0.149. The zero-order chi connectivity index (χ0) is 15.7. The number of aryl methyl sites for hydroxylation is 2. The number of benzene rings is 2. The van der Waals surface area contributed by atoms with Gasteiger partial charge in [-0.25, -0.2) is 8.78 Å². The molecular formula is C20H20F2. The van der Waals surface area contributed by atoms with Crippen molar-refractivity contribution >= 4 is 5.57 Å². The van der Waals surface area contributed by atoms with Crippen LogP contribution in [0.2, 0.25) is 0 Å². The SMILES string of the molecule is CCc1ccc(C2=CCc3cc(CC)c(F)cc3C2)c(F)c1. The van der Waals surface area contributed by atoms with E-state index in [9.17, 15) is 8.78 Å². The van der Waals surface area contributed by atoms with Crippen LogP contribution in [0.15, 0.2) is 36.4 Å². The van der Waals surface area contributed by atoms with E-state index in [-0.39, 0.29) is 11.6 Å². The van der Waals surface area contributed by atoms with E-state index in [1.54, 1.807) is 12.1 Å². The average Bonchev–Trinajstić information content (AvgIpc) is 2.53. The lowest BCUT2D eigenvalue weighted by Crippen LogP contribution is -2.06. The highest BCUT2D eigenvalue weighted by molar-refractivity contribution is 5.71. The molecule has 2 aromatic rings. The molecule has 0 bridgehead atoms. The third kappa shape index (κ3) is 2.70. The van der Waals surface area contributed by atoms with Crippen LogP contribution >= 0.6 is 0 Å². The summed E-state index contributed by atoms with van der Waals surface area (Å²) in [5.41, 5.74) is 5.49. The van der Waals surface area contributed by atoms with Gasteiger partial charge in [0.15, 0.2) is 0 Å². The Morgan fingerprint density at radius 3 is 2.41 bits per heavy atom. The molecule has 0 nitrogen and oxygen atoms in total. The smallest absolute Gasteiger partial charge is 0.130 e. The maximum absolute atomic E-state index is 14.3. The van der Waals surface area contributed by atoms with Crippen LogP contribution in [0, 0.1) is 11.6 Å². The Kier molecular flexibility index (Phi) is 4.10. The predicted molar refractivity (Wildman–Crippen MR) is 86.9 cm³/mol. The molecule has 0 fully saturated rings. The number of allylic oxidation sites excluding steroid dienone is 2. The van der Waals surface area contributed by atoms with Gasteiger partial charge in [-0.15, -0.1) is 0 Å². The molecule has 22 heavy (non-hydrogen) atoms. The Hall–Kier alpha value is -1.96. The van der Waals surface area contributed by atoms with Crippen molar-refractivity contribution in [3.8, 4) is 0 Å². The zero-order valence-electron chi connectivity index (χ0n) is 13.0. The molecule has 0 N–H and O–H groups in total. The third-order valence-electron chi connectivity index (χ3n) is 4.49. The molecule has 0 radical (unpaired) electrons. The Labute approximate surface area is 130 Å². The van der Waals surface area contributed by atoms with Crippen LogP contribution in [0.25, 0.3) is 5.57 Å². The van der Waals surface area contributed by atoms with Gasteiger partial charge in [0, 0.05) is 5.56 Å². The fraction of sp³-hybridized carbons (Fsp3) is 0.300. The van der Waals surface area contributed by atoms with Crippen molar-refractivity contribution in [3.05, 3.63) is 75.9 Å². The van der Waals surface area contributed by atoms with E-state index in [2.05, 4.69) is 6.08 Å². The summed E-state index contributed by atoms with van der Waals surface area (Å²) in [6, 6.07) is 9.00. The standard InChI is InChI=1S/C20H20F2/c1-3-13-5-8-18(20(22)9-13)16-7-6-15-10-14(4-2)19(21)12-17(15)11-16/h5,7-10,12H,3-4,6,11H2,1-2H3. The van der Waals surface area contributed by atoms with Crippen LogP contribution in [0.1, 0.15) is 41.7 Å². The van der Waals surface area contributed by atoms with E-state index in [1.165, 1.54) is 0 Å². The molecule has 1 aliphatic rings. The van der Waals surface area contributed by atoms with Crippen LogP contribution in [0.5, 0.6) is 0 Å². The molecule has 0 heterocycles. The van der Waals surface area contributed by atoms with Gasteiger partial charge in [0.05, 0.1) is 0 Å². The molecule has 0 spiro atoms. The lowest BCUT2D eigenvalue weighted by Gasteiger charge is -2.19. The zero-order valence-corrected chi connectivity index (χ0v) is 13.0. The molecule has 0 saturated carbocycles. The van der Waals surface area contributed by atoms with Gasteiger partial charge in [-0.3, -0.25) is 0 Å². The Morgan fingerprint density at radius 2 is 1.73 bits per heavy atom. The van der Waals surface area contributed by atoms with Crippen LogP contribution in [-0.4, -0.2) is 0 Å². The second-order valence-electron chi connectivity index (χ2n) is 5.84. The monoisotopic (exact) mass is 298 g/mol. The molecule has 0 unspecified atom stereocenters. The number of hydrogen-bond acceptors (Lipinski definition) is 0. The Morgan fingerprint density at radius 1 is 0.909 bits per heavy atom. The third-order valence-corrected chi connectivity index (χ3v) is 4.49. The summed E-state index contributed by atoms with van der Waals surface area (Å²) in [5, 5.41) is 0. The molecule has 0 atom stereocenters. The summed E-state index contributed by atoms with van der Waals surface area (Å²) < 4.78 is 28.3. The van der Waals surface area contributed by atoms with Crippen molar-refractivity contribution in [2.75, 3.05) is 0 Å². The van der Waals surface area contributed by atoms with Crippen molar-refractivity contribution in [2.24, 2.45) is 0 Å². The van der Waals surface area contributed by atoms with E-state index < -0.39 is 0 Å². The second kappa shape index (κ2) is 6.04. The number of fused-ring (bicyclic) bond motifs is 1. The van der Waals surface area contributed by atoms with Gasteiger partial charge < -0.3 is 0 Å². The summed E-state index contributed by atoms with van der Waals surface area (Å²) in [4.78, 5) is 0. The predicted octanol–water partition coefficient (Wildman–Crippen LogP) is 5.27. The van der Waals surface area contributed by atoms with Gasteiger partial charge in [0.25, 0.3) is 0 Å². The normalized spacial score (nSPS) is 13.7. The lowest BCUT2D eigenvalue weighted by molar-refractivity contribution is 0.609. The maximum Gasteiger partial charge on any atom is 0.130 e. The first-order chi connectivity index (χ1) is 10.6. The first-order valence-corrected chi connectivity index (χ1v) is 7.90. The highest BCUT2D eigenvalue weighted by atomic mass is 19.1.